The van der Waals surface area contributed by atoms with E-state index in [2.05, 4.69) is 175 Å². The van der Waals surface area contributed by atoms with Crippen LogP contribution in [0.15, 0.2) is 209 Å². The van der Waals surface area contributed by atoms with Crippen LogP contribution in [-0.2, 0) is 0 Å². The first-order chi connectivity index (χ1) is 28.7. The second-order valence-electron chi connectivity index (χ2n) is 15.3. The van der Waals surface area contributed by atoms with Crippen molar-refractivity contribution in [3.63, 3.8) is 0 Å². The van der Waals surface area contributed by atoms with Crippen LogP contribution in [0.2, 0.25) is 0 Å². The van der Waals surface area contributed by atoms with Gasteiger partial charge in [0.1, 0.15) is 5.76 Å². The molecule has 276 valence electrons. The van der Waals surface area contributed by atoms with Crippen molar-refractivity contribution in [2.24, 2.45) is 9.98 Å². The summed E-state index contributed by atoms with van der Waals surface area (Å²) in [5.41, 5.74) is 14.4. The number of benzene rings is 7. The average molecular weight is 746 g/mol. The zero-order valence-corrected chi connectivity index (χ0v) is 31.9. The van der Waals surface area contributed by atoms with E-state index in [0.717, 1.165) is 73.7 Å². The molecule has 0 bridgehead atoms. The summed E-state index contributed by atoms with van der Waals surface area (Å²) < 4.78 is 9.29. The van der Waals surface area contributed by atoms with Crippen LogP contribution in [0.1, 0.15) is 58.4 Å². The van der Waals surface area contributed by atoms with Crippen molar-refractivity contribution >= 4 is 50.4 Å². The Morgan fingerprint density at radius 2 is 1.22 bits per heavy atom. The van der Waals surface area contributed by atoms with Gasteiger partial charge < -0.3 is 8.98 Å². The Balaban J connectivity index is 0.985. The third-order valence-corrected chi connectivity index (χ3v) is 11.8. The van der Waals surface area contributed by atoms with E-state index >= 15 is 0 Å². The summed E-state index contributed by atoms with van der Waals surface area (Å²) >= 11 is 0. The number of hydrogen-bond acceptors (Lipinski definition) is 3. The molecule has 7 aromatic carbocycles. The van der Waals surface area contributed by atoms with E-state index in [4.69, 9.17) is 14.4 Å². The van der Waals surface area contributed by atoms with Crippen molar-refractivity contribution < 1.29 is 4.42 Å². The van der Waals surface area contributed by atoms with E-state index in [0.29, 0.717) is 6.42 Å². The Morgan fingerprint density at radius 1 is 0.586 bits per heavy atom. The second-order valence-corrected chi connectivity index (χ2v) is 15.3. The van der Waals surface area contributed by atoms with Gasteiger partial charge in [-0.05, 0) is 64.1 Å². The number of furan rings is 1. The number of para-hydroxylation sites is 2. The number of amidine groups is 1. The standard InChI is InChI=1S/C54H39N3O/c1-35-34-45(38-18-7-3-8-19-38)55-54(40-20-9-4-10-21-40)56-52(35)39-32-30-37(31-33-39)42-24-15-29-49-51(42)44-25-14-28-48(53(44)58-49)57-46-26-12-11-22-43(46)50-41(23-13-27-47(50)57)36-16-5-2-6-17-36/h2-23,25-33,42,52H,1,24,34H2. The lowest BCUT2D eigenvalue weighted by Gasteiger charge is -2.21. The highest BCUT2D eigenvalue weighted by Gasteiger charge is 2.29. The number of nitrogens with zero attached hydrogens (tertiary/aromatic N) is 3. The second kappa shape index (κ2) is 14.0. The molecule has 0 amide bonds. The van der Waals surface area contributed by atoms with Gasteiger partial charge in [-0.15, -0.1) is 0 Å². The summed E-state index contributed by atoms with van der Waals surface area (Å²) in [6, 6.07) is 62.1. The van der Waals surface area contributed by atoms with Crippen molar-refractivity contribution in [1.82, 2.24) is 4.57 Å². The molecule has 3 heterocycles. The molecule has 2 unspecified atom stereocenters. The van der Waals surface area contributed by atoms with E-state index in [1.807, 2.05) is 24.3 Å². The number of rotatable bonds is 6. The Bertz CT molecular complexity index is 3110. The van der Waals surface area contributed by atoms with Crippen molar-refractivity contribution in [2.45, 2.75) is 24.8 Å². The van der Waals surface area contributed by atoms with Crippen LogP contribution in [0.3, 0.4) is 0 Å². The fourth-order valence-electron chi connectivity index (χ4n) is 9.14. The van der Waals surface area contributed by atoms with Gasteiger partial charge in [-0.25, -0.2) is 4.99 Å². The van der Waals surface area contributed by atoms with E-state index in [1.54, 1.807) is 0 Å². The summed E-state index contributed by atoms with van der Waals surface area (Å²) in [7, 11) is 0. The molecule has 2 aliphatic rings. The highest BCUT2D eigenvalue weighted by atomic mass is 16.3. The molecule has 2 aromatic heterocycles. The van der Waals surface area contributed by atoms with Crippen molar-refractivity contribution in [3.8, 4) is 16.8 Å². The van der Waals surface area contributed by atoms with Crippen LogP contribution in [-0.4, -0.2) is 16.1 Å². The third-order valence-electron chi connectivity index (χ3n) is 11.8. The summed E-state index contributed by atoms with van der Waals surface area (Å²) in [5.74, 6) is 1.80. The molecule has 0 spiro atoms. The topological polar surface area (TPSA) is 42.8 Å². The molecule has 0 fully saturated rings. The van der Waals surface area contributed by atoms with Gasteiger partial charge in [-0.1, -0.05) is 170 Å². The van der Waals surface area contributed by atoms with Crippen LogP contribution in [0, 0.1) is 0 Å². The molecule has 1 aliphatic carbocycles. The van der Waals surface area contributed by atoms with Crippen LogP contribution in [0.4, 0.5) is 0 Å². The average Bonchev–Trinajstić information content (AvgIpc) is 3.78. The Morgan fingerprint density at radius 3 is 2.00 bits per heavy atom. The van der Waals surface area contributed by atoms with Crippen LogP contribution < -0.4 is 0 Å². The van der Waals surface area contributed by atoms with Gasteiger partial charge in [-0.3, -0.25) is 4.99 Å². The van der Waals surface area contributed by atoms with Crippen molar-refractivity contribution in [1.29, 1.82) is 0 Å². The van der Waals surface area contributed by atoms with Crippen molar-refractivity contribution in [2.75, 3.05) is 0 Å². The van der Waals surface area contributed by atoms with E-state index < -0.39 is 0 Å². The van der Waals surface area contributed by atoms with Gasteiger partial charge in [0.05, 0.1) is 28.5 Å². The van der Waals surface area contributed by atoms with Gasteiger partial charge in [0.2, 0.25) is 0 Å². The molecule has 1 aliphatic heterocycles. The Labute approximate surface area is 337 Å². The Hall–Kier alpha value is -7.30. The molecule has 58 heavy (non-hydrogen) atoms. The fourth-order valence-corrected chi connectivity index (χ4v) is 9.14. The maximum Gasteiger partial charge on any atom is 0.159 e. The lowest BCUT2D eigenvalue weighted by molar-refractivity contribution is 0.588. The van der Waals surface area contributed by atoms with Gasteiger partial charge in [0, 0.05) is 39.6 Å². The van der Waals surface area contributed by atoms with Gasteiger partial charge in [0.15, 0.2) is 11.4 Å². The van der Waals surface area contributed by atoms with Crippen LogP contribution in [0.5, 0.6) is 0 Å². The summed E-state index contributed by atoms with van der Waals surface area (Å²) in [6.45, 7) is 4.58. The van der Waals surface area contributed by atoms with Gasteiger partial charge >= 0.3 is 0 Å². The molecule has 0 saturated carbocycles. The lowest BCUT2D eigenvalue weighted by atomic mass is 9.83. The summed E-state index contributed by atoms with van der Waals surface area (Å²) in [6.07, 6.45) is 5.95. The van der Waals surface area contributed by atoms with Crippen LogP contribution in [0.25, 0.3) is 55.7 Å². The summed E-state index contributed by atoms with van der Waals surface area (Å²) in [4.78, 5) is 10.4. The molecular formula is C54H39N3O. The third kappa shape index (κ3) is 5.68. The highest BCUT2D eigenvalue weighted by Crippen LogP contribution is 2.46. The molecule has 0 saturated heterocycles. The smallest absolute Gasteiger partial charge is 0.159 e. The molecule has 0 radical (unpaired) electrons. The molecule has 4 nitrogen and oxygen atoms in total. The predicted octanol–water partition coefficient (Wildman–Crippen LogP) is 13.7. The zero-order valence-electron chi connectivity index (χ0n) is 31.9. The van der Waals surface area contributed by atoms with E-state index in [-0.39, 0.29) is 12.0 Å². The van der Waals surface area contributed by atoms with E-state index in [1.165, 1.54) is 33.0 Å². The van der Waals surface area contributed by atoms with Crippen LogP contribution >= 0.6 is 0 Å². The predicted molar refractivity (Wildman–Crippen MR) is 240 cm³/mol. The lowest BCUT2D eigenvalue weighted by Crippen LogP contribution is -2.06. The van der Waals surface area contributed by atoms with E-state index in [9.17, 15) is 0 Å². The summed E-state index contributed by atoms with van der Waals surface area (Å²) in [5, 5.41) is 3.62. The number of aliphatic imine (C=N–C) groups is 2. The minimum atomic E-state index is -0.220. The SMILES string of the molecule is C=C1CC(c2ccccc2)=NC(c2ccccc2)=NC1c1ccc(C2CC=Cc3oc4c(-n5c6ccccc6c6c(-c7ccccc7)cccc65)cccc4c32)cc1. The maximum absolute atomic E-state index is 6.91. The molecule has 2 atom stereocenters. The first-order valence-corrected chi connectivity index (χ1v) is 20.0. The zero-order chi connectivity index (χ0) is 38.6. The molecule has 4 heteroatoms. The fraction of sp³-hybridized carbons (Fsp3) is 0.0741. The highest BCUT2D eigenvalue weighted by molar-refractivity contribution is 6.17. The minimum absolute atomic E-state index is 0.141. The number of hydrogen-bond donors (Lipinski definition) is 0. The van der Waals surface area contributed by atoms with Gasteiger partial charge in [-0.2, -0.15) is 0 Å². The van der Waals surface area contributed by atoms with Crippen molar-refractivity contribution in [3.05, 3.63) is 228 Å². The largest absolute Gasteiger partial charge is 0.454 e. The molecule has 11 rings (SSSR count). The molecule has 9 aromatic rings. The molecular weight excluding hydrogens is 707 g/mol. The quantitative estimate of drug-likeness (QED) is 0.156. The normalized spacial score (nSPS) is 16.7. The first-order valence-electron chi connectivity index (χ1n) is 20.0. The number of fused-ring (bicyclic) bond motifs is 6. The number of allylic oxidation sites excluding steroid dienone is 1. The number of aromatic nitrogens is 1. The first kappa shape index (κ1) is 34.0. The maximum atomic E-state index is 6.91. The monoisotopic (exact) mass is 745 g/mol. The Kier molecular flexibility index (Phi) is 8.21. The minimum Gasteiger partial charge on any atom is -0.454 e. The van der Waals surface area contributed by atoms with Gasteiger partial charge in [0.25, 0.3) is 0 Å². The molecule has 0 N–H and O–H groups in total.